The molecule has 0 fully saturated rings. The Balaban J connectivity index is 1.80. The van der Waals surface area contributed by atoms with Gasteiger partial charge in [0.05, 0.1) is 0 Å². The lowest BCUT2D eigenvalue weighted by Crippen LogP contribution is -2.17. The summed E-state index contributed by atoms with van der Waals surface area (Å²) in [6.07, 6.45) is 0. The van der Waals surface area contributed by atoms with Crippen LogP contribution in [0.4, 0.5) is 5.69 Å². The van der Waals surface area contributed by atoms with Gasteiger partial charge in [0.25, 0.3) is 0 Å². The molecule has 0 radical (unpaired) electrons. The average Bonchev–Trinajstić information content (AvgIpc) is 2.48. The van der Waals surface area contributed by atoms with E-state index in [0.29, 0.717) is 19.8 Å². The summed E-state index contributed by atoms with van der Waals surface area (Å²) >= 11 is 3.50. The van der Waals surface area contributed by atoms with Gasteiger partial charge in [-0.05, 0) is 30.7 Å². The van der Waals surface area contributed by atoms with Gasteiger partial charge in [-0.3, -0.25) is 0 Å². The third-order valence-electron chi connectivity index (χ3n) is 3.32. The number of anilines is 1. The number of para-hydroxylation sites is 1. The maximum absolute atomic E-state index is 5.72. The summed E-state index contributed by atoms with van der Waals surface area (Å²) in [6, 6.07) is 12.2. The van der Waals surface area contributed by atoms with Crippen LogP contribution in [0, 0.1) is 6.92 Å². The summed E-state index contributed by atoms with van der Waals surface area (Å²) in [5, 5.41) is 3.45. The highest BCUT2D eigenvalue weighted by molar-refractivity contribution is 9.10. The fourth-order valence-electron chi connectivity index (χ4n) is 2.25. The normalized spacial score (nSPS) is 13.1. The van der Waals surface area contributed by atoms with Gasteiger partial charge in [0.2, 0.25) is 0 Å². The molecule has 1 aliphatic rings. The zero-order valence-electron chi connectivity index (χ0n) is 11.3. The van der Waals surface area contributed by atoms with Crippen LogP contribution >= 0.6 is 15.9 Å². The second-order valence-electron chi connectivity index (χ2n) is 4.75. The monoisotopic (exact) mass is 333 g/mol. The molecule has 0 saturated heterocycles. The highest BCUT2D eigenvalue weighted by Crippen LogP contribution is 2.34. The molecule has 104 valence electrons. The molecule has 4 heteroatoms. The van der Waals surface area contributed by atoms with E-state index in [9.17, 15) is 0 Å². The van der Waals surface area contributed by atoms with E-state index in [1.165, 1.54) is 5.56 Å². The molecule has 2 aromatic rings. The first-order valence-corrected chi connectivity index (χ1v) is 7.41. The summed E-state index contributed by atoms with van der Waals surface area (Å²) in [5.41, 5.74) is 3.45. The molecule has 0 bridgehead atoms. The number of rotatable bonds is 3. The lowest BCUT2D eigenvalue weighted by atomic mass is 10.1. The van der Waals surface area contributed by atoms with Crippen molar-refractivity contribution in [3.63, 3.8) is 0 Å². The molecule has 2 aromatic carbocycles. The molecule has 0 saturated carbocycles. The highest BCUT2D eigenvalue weighted by atomic mass is 79.9. The van der Waals surface area contributed by atoms with Crippen molar-refractivity contribution >= 4 is 21.6 Å². The minimum absolute atomic E-state index is 0.611. The van der Waals surface area contributed by atoms with Gasteiger partial charge in [-0.25, -0.2) is 0 Å². The predicted octanol–water partition coefficient (Wildman–Crippen LogP) is 4.14. The van der Waals surface area contributed by atoms with Crippen molar-refractivity contribution in [1.29, 1.82) is 0 Å². The van der Waals surface area contributed by atoms with E-state index in [1.807, 2.05) is 18.2 Å². The maximum atomic E-state index is 5.72. The number of ether oxygens (including phenoxy) is 2. The second kappa shape index (κ2) is 5.75. The van der Waals surface area contributed by atoms with Crippen LogP contribution in [0.15, 0.2) is 40.9 Å². The molecular formula is C16H16BrNO2. The smallest absolute Gasteiger partial charge is 0.166 e. The molecule has 0 aliphatic carbocycles. The van der Waals surface area contributed by atoms with Crippen LogP contribution in [0.5, 0.6) is 11.5 Å². The zero-order valence-corrected chi connectivity index (χ0v) is 12.9. The Hall–Kier alpha value is -1.68. The molecule has 1 N–H and O–H groups in total. The van der Waals surface area contributed by atoms with Gasteiger partial charge in [-0.15, -0.1) is 0 Å². The van der Waals surface area contributed by atoms with Crippen LogP contribution < -0.4 is 14.8 Å². The standard InChI is InChI=1S/C16H16BrNO2/c1-11-5-6-13(17)9-14(11)18-10-12-3-2-4-15-16(12)20-8-7-19-15/h2-6,9,18H,7-8,10H2,1H3. The van der Waals surface area contributed by atoms with Gasteiger partial charge in [-0.1, -0.05) is 34.1 Å². The van der Waals surface area contributed by atoms with Gasteiger partial charge < -0.3 is 14.8 Å². The number of halogens is 1. The first kappa shape index (κ1) is 13.3. The molecule has 0 unspecified atom stereocenters. The van der Waals surface area contributed by atoms with Gasteiger partial charge >= 0.3 is 0 Å². The Morgan fingerprint density at radius 2 is 2.00 bits per heavy atom. The quantitative estimate of drug-likeness (QED) is 0.915. The molecule has 1 heterocycles. The molecule has 0 spiro atoms. The first-order chi connectivity index (χ1) is 9.74. The fourth-order valence-corrected chi connectivity index (χ4v) is 2.61. The van der Waals surface area contributed by atoms with Crippen LogP contribution in [0.2, 0.25) is 0 Å². The average molecular weight is 334 g/mol. The highest BCUT2D eigenvalue weighted by Gasteiger charge is 2.15. The summed E-state index contributed by atoms with van der Waals surface area (Å²) in [7, 11) is 0. The third kappa shape index (κ3) is 2.75. The van der Waals surface area contributed by atoms with Crippen molar-refractivity contribution in [2.45, 2.75) is 13.5 Å². The topological polar surface area (TPSA) is 30.5 Å². The Labute approximate surface area is 127 Å². The van der Waals surface area contributed by atoms with Crippen molar-refractivity contribution < 1.29 is 9.47 Å². The van der Waals surface area contributed by atoms with E-state index >= 15 is 0 Å². The van der Waals surface area contributed by atoms with Crippen molar-refractivity contribution in [2.24, 2.45) is 0 Å². The summed E-state index contributed by atoms with van der Waals surface area (Å²) in [4.78, 5) is 0. The summed E-state index contributed by atoms with van der Waals surface area (Å²) in [6.45, 7) is 4.03. The Morgan fingerprint density at radius 1 is 1.15 bits per heavy atom. The molecule has 0 atom stereocenters. The predicted molar refractivity (Wildman–Crippen MR) is 83.6 cm³/mol. The Morgan fingerprint density at radius 3 is 2.90 bits per heavy atom. The molecule has 3 nitrogen and oxygen atoms in total. The number of hydrogen-bond acceptors (Lipinski definition) is 3. The second-order valence-corrected chi connectivity index (χ2v) is 5.67. The van der Waals surface area contributed by atoms with E-state index in [0.717, 1.165) is 27.2 Å². The minimum Gasteiger partial charge on any atom is -0.486 e. The SMILES string of the molecule is Cc1ccc(Br)cc1NCc1cccc2c1OCCO2. The van der Waals surface area contributed by atoms with Crippen LogP contribution in [-0.4, -0.2) is 13.2 Å². The summed E-state index contributed by atoms with van der Waals surface area (Å²) in [5.74, 6) is 1.69. The van der Waals surface area contributed by atoms with E-state index < -0.39 is 0 Å². The Bertz CT molecular complexity index is 628. The van der Waals surface area contributed by atoms with E-state index in [2.05, 4.69) is 46.4 Å². The van der Waals surface area contributed by atoms with Crippen LogP contribution in [-0.2, 0) is 6.54 Å². The number of nitrogens with one attached hydrogen (secondary N) is 1. The number of benzene rings is 2. The largest absolute Gasteiger partial charge is 0.486 e. The van der Waals surface area contributed by atoms with E-state index in [4.69, 9.17) is 9.47 Å². The zero-order chi connectivity index (χ0) is 13.9. The van der Waals surface area contributed by atoms with Gasteiger partial charge in [-0.2, -0.15) is 0 Å². The van der Waals surface area contributed by atoms with Crippen molar-refractivity contribution in [3.05, 3.63) is 52.0 Å². The van der Waals surface area contributed by atoms with Crippen molar-refractivity contribution in [3.8, 4) is 11.5 Å². The molecule has 0 amide bonds. The number of fused-ring (bicyclic) bond motifs is 1. The van der Waals surface area contributed by atoms with Gasteiger partial charge in [0.15, 0.2) is 11.5 Å². The molecule has 3 rings (SSSR count). The lowest BCUT2D eigenvalue weighted by molar-refractivity contribution is 0.170. The lowest BCUT2D eigenvalue weighted by Gasteiger charge is -2.21. The van der Waals surface area contributed by atoms with Gasteiger partial charge in [0, 0.05) is 22.3 Å². The molecule has 20 heavy (non-hydrogen) atoms. The van der Waals surface area contributed by atoms with Crippen molar-refractivity contribution in [1.82, 2.24) is 0 Å². The van der Waals surface area contributed by atoms with E-state index in [-0.39, 0.29) is 0 Å². The minimum atomic E-state index is 0.611. The maximum Gasteiger partial charge on any atom is 0.166 e. The van der Waals surface area contributed by atoms with E-state index in [1.54, 1.807) is 0 Å². The molecule has 0 aromatic heterocycles. The first-order valence-electron chi connectivity index (χ1n) is 6.61. The molecule has 1 aliphatic heterocycles. The third-order valence-corrected chi connectivity index (χ3v) is 3.81. The number of aryl methyl sites for hydroxylation is 1. The van der Waals surface area contributed by atoms with Crippen LogP contribution in [0.3, 0.4) is 0 Å². The van der Waals surface area contributed by atoms with Crippen LogP contribution in [0.25, 0.3) is 0 Å². The van der Waals surface area contributed by atoms with Crippen molar-refractivity contribution in [2.75, 3.05) is 18.5 Å². The van der Waals surface area contributed by atoms with Crippen LogP contribution in [0.1, 0.15) is 11.1 Å². The Kier molecular flexibility index (Phi) is 3.83. The molecular weight excluding hydrogens is 318 g/mol. The van der Waals surface area contributed by atoms with Gasteiger partial charge in [0.1, 0.15) is 13.2 Å². The fraction of sp³-hybridized carbons (Fsp3) is 0.250. The summed E-state index contributed by atoms with van der Waals surface area (Å²) < 4.78 is 12.4. The number of hydrogen-bond donors (Lipinski definition) is 1.